The molecule has 2 aromatic heterocycles. The molecule has 2 unspecified atom stereocenters. The molecule has 0 bridgehead atoms. The van der Waals surface area contributed by atoms with E-state index in [0.717, 1.165) is 11.0 Å². The third-order valence-corrected chi connectivity index (χ3v) is 4.08. The Bertz CT molecular complexity index is 886. The SMILES string of the molecule is CCOC(=O)C(N)Cc1cc2ccccc2o1.CCOC(=O)C(N)Cc1ccco1. The summed E-state index contributed by atoms with van der Waals surface area (Å²) in [4.78, 5) is 22.5. The minimum absolute atomic E-state index is 0.340. The molecule has 30 heavy (non-hydrogen) atoms. The van der Waals surface area contributed by atoms with Gasteiger partial charge in [0.25, 0.3) is 0 Å². The van der Waals surface area contributed by atoms with Crippen LogP contribution >= 0.6 is 0 Å². The topological polar surface area (TPSA) is 131 Å². The molecule has 8 heteroatoms. The van der Waals surface area contributed by atoms with Gasteiger partial charge in [0.05, 0.1) is 19.5 Å². The van der Waals surface area contributed by atoms with Gasteiger partial charge in [-0.05, 0) is 38.1 Å². The van der Waals surface area contributed by atoms with Crippen molar-refractivity contribution >= 4 is 22.9 Å². The van der Waals surface area contributed by atoms with Crippen LogP contribution in [0.15, 0.2) is 57.6 Å². The predicted molar refractivity (Wildman–Crippen MR) is 112 cm³/mol. The Hall–Kier alpha value is -3.10. The molecule has 0 amide bonds. The lowest BCUT2D eigenvalue weighted by Crippen LogP contribution is -2.34. The number of rotatable bonds is 8. The molecule has 8 nitrogen and oxygen atoms in total. The molecule has 0 fully saturated rings. The Morgan fingerprint density at radius 2 is 1.50 bits per heavy atom. The quantitative estimate of drug-likeness (QED) is 0.536. The highest BCUT2D eigenvalue weighted by atomic mass is 16.5. The third kappa shape index (κ3) is 7.06. The summed E-state index contributed by atoms with van der Waals surface area (Å²) >= 11 is 0. The van der Waals surface area contributed by atoms with Crippen LogP contribution in [0.5, 0.6) is 0 Å². The molecule has 162 valence electrons. The van der Waals surface area contributed by atoms with Crippen LogP contribution in [-0.2, 0) is 31.9 Å². The Morgan fingerprint density at radius 3 is 2.03 bits per heavy atom. The summed E-state index contributed by atoms with van der Waals surface area (Å²) in [7, 11) is 0. The van der Waals surface area contributed by atoms with Gasteiger partial charge in [-0.15, -0.1) is 0 Å². The second-order valence-electron chi connectivity index (χ2n) is 6.46. The van der Waals surface area contributed by atoms with Gasteiger partial charge in [-0.2, -0.15) is 0 Å². The van der Waals surface area contributed by atoms with Gasteiger partial charge in [-0.3, -0.25) is 9.59 Å². The molecule has 4 N–H and O–H groups in total. The zero-order valence-corrected chi connectivity index (χ0v) is 17.2. The van der Waals surface area contributed by atoms with E-state index in [0.29, 0.717) is 37.6 Å². The lowest BCUT2D eigenvalue weighted by Gasteiger charge is -2.08. The number of para-hydroxylation sites is 1. The van der Waals surface area contributed by atoms with Crippen LogP contribution in [0.25, 0.3) is 11.0 Å². The van der Waals surface area contributed by atoms with Crippen molar-refractivity contribution in [2.75, 3.05) is 13.2 Å². The van der Waals surface area contributed by atoms with Crippen molar-refractivity contribution < 1.29 is 27.9 Å². The minimum atomic E-state index is -0.671. The zero-order chi connectivity index (χ0) is 21.9. The fourth-order valence-electron chi connectivity index (χ4n) is 2.66. The Morgan fingerprint density at radius 1 is 0.900 bits per heavy atom. The number of hydrogen-bond acceptors (Lipinski definition) is 8. The molecule has 0 spiro atoms. The summed E-state index contributed by atoms with van der Waals surface area (Å²) in [5, 5.41) is 1.01. The van der Waals surface area contributed by atoms with Crippen LogP contribution in [0.2, 0.25) is 0 Å². The summed E-state index contributed by atoms with van der Waals surface area (Å²) in [5.41, 5.74) is 12.1. The first-order chi connectivity index (χ1) is 14.4. The van der Waals surface area contributed by atoms with Crippen LogP contribution in [0, 0.1) is 0 Å². The lowest BCUT2D eigenvalue weighted by atomic mass is 10.1. The molecule has 1 aromatic carbocycles. The van der Waals surface area contributed by atoms with Crippen molar-refractivity contribution in [3.05, 3.63) is 60.2 Å². The predicted octanol–water partition coefficient (Wildman–Crippen LogP) is 2.58. The highest BCUT2D eigenvalue weighted by Gasteiger charge is 2.17. The van der Waals surface area contributed by atoms with E-state index in [9.17, 15) is 9.59 Å². The largest absolute Gasteiger partial charge is 0.469 e. The van der Waals surface area contributed by atoms with Gasteiger partial charge in [0.1, 0.15) is 29.2 Å². The lowest BCUT2D eigenvalue weighted by molar-refractivity contribution is -0.145. The highest BCUT2D eigenvalue weighted by molar-refractivity contribution is 5.79. The van der Waals surface area contributed by atoms with Gasteiger partial charge in [0.2, 0.25) is 0 Å². The van der Waals surface area contributed by atoms with Crippen LogP contribution in [-0.4, -0.2) is 37.2 Å². The maximum absolute atomic E-state index is 11.4. The van der Waals surface area contributed by atoms with E-state index < -0.39 is 18.1 Å². The van der Waals surface area contributed by atoms with Crippen LogP contribution in [0.3, 0.4) is 0 Å². The summed E-state index contributed by atoms with van der Waals surface area (Å²) in [6.07, 6.45) is 2.28. The van der Waals surface area contributed by atoms with Crippen LogP contribution in [0.4, 0.5) is 0 Å². The summed E-state index contributed by atoms with van der Waals surface area (Å²) in [6, 6.07) is 11.8. The zero-order valence-electron chi connectivity index (χ0n) is 17.2. The number of carbonyl (C=O) groups excluding carboxylic acids is 2. The van der Waals surface area contributed by atoms with Gasteiger partial charge in [0.15, 0.2) is 0 Å². The second kappa shape index (κ2) is 11.8. The van der Waals surface area contributed by atoms with Crippen molar-refractivity contribution in [3.63, 3.8) is 0 Å². The van der Waals surface area contributed by atoms with E-state index in [1.807, 2.05) is 30.3 Å². The molecule has 0 aliphatic rings. The number of esters is 2. The van der Waals surface area contributed by atoms with E-state index in [4.69, 9.17) is 29.8 Å². The number of ether oxygens (including phenoxy) is 2. The fraction of sp³-hybridized carbons (Fsp3) is 0.364. The average molecular weight is 416 g/mol. The molecule has 2 heterocycles. The highest BCUT2D eigenvalue weighted by Crippen LogP contribution is 2.19. The van der Waals surface area contributed by atoms with E-state index in [-0.39, 0.29) is 5.97 Å². The molecular formula is C22H28N2O6. The number of furan rings is 2. The standard InChI is InChI=1S/C13H15NO3.C9H13NO3/c1-2-16-13(15)11(14)8-10-7-9-5-3-4-6-12(9)17-10;1-2-12-9(11)8(10)6-7-4-3-5-13-7/h3-7,11H,2,8,14H2,1H3;3-5,8H,2,6,10H2,1H3. The normalized spacial score (nSPS) is 12.5. The third-order valence-electron chi connectivity index (χ3n) is 4.08. The second-order valence-corrected chi connectivity index (χ2v) is 6.46. The van der Waals surface area contributed by atoms with Crippen molar-refractivity contribution in [1.29, 1.82) is 0 Å². The van der Waals surface area contributed by atoms with Gasteiger partial charge in [-0.25, -0.2) is 0 Å². The number of benzene rings is 1. The number of hydrogen-bond donors (Lipinski definition) is 2. The Labute approximate surface area is 175 Å². The average Bonchev–Trinajstić information content (AvgIpc) is 3.37. The van der Waals surface area contributed by atoms with Crippen molar-refractivity contribution in [2.45, 2.75) is 38.8 Å². The first kappa shape index (κ1) is 23.2. The molecule has 3 aromatic rings. The van der Waals surface area contributed by atoms with E-state index in [1.54, 1.807) is 32.2 Å². The number of nitrogens with two attached hydrogens (primary N) is 2. The number of carbonyl (C=O) groups is 2. The number of fused-ring (bicyclic) bond motifs is 1. The fourth-order valence-corrected chi connectivity index (χ4v) is 2.66. The van der Waals surface area contributed by atoms with Crippen LogP contribution < -0.4 is 11.5 Å². The molecule has 0 aliphatic heterocycles. The van der Waals surface area contributed by atoms with Gasteiger partial charge in [0, 0.05) is 18.2 Å². The summed E-state index contributed by atoms with van der Waals surface area (Å²) < 4.78 is 20.2. The first-order valence-electron chi connectivity index (χ1n) is 9.78. The van der Waals surface area contributed by atoms with Crippen molar-refractivity contribution in [2.24, 2.45) is 11.5 Å². The Kier molecular flexibility index (Phi) is 9.11. The molecule has 0 saturated carbocycles. The van der Waals surface area contributed by atoms with Gasteiger partial charge < -0.3 is 29.8 Å². The Balaban J connectivity index is 0.000000222. The monoisotopic (exact) mass is 416 g/mol. The minimum Gasteiger partial charge on any atom is -0.469 e. The molecule has 3 rings (SSSR count). The van der Waals surface area contributed by atoms with E-state index in [2.05, 4.69) is 0 Å². The maximum Gasteiger partial charge on any atom is 0.323 e. The maximum atomic E-state index is 11.4. The smallest absolute Gasteiger partial charge is 0.323 e. The van der Waals surface area contributed by atoms with Gasteiger partial charge in [-0.1, -0.05) is 18.2 Å². The summed E-state index contributed by atoms with van der Waals surface area (Å²) in [5.74, 6) is 0.610. The molecule has 0 radical (unpaired) electrons. The van der Waals surface area contributed by atoms with Crippen molar-refractivity contribution in [3.8, 4) is 0 Å². The molecule has 0 aliphatic carbocycles. The first-order valence-corrected chi connectivity index (χ1v) is 9.78. The van der Waals surface area contributed by atoms with Crippen molar-refractivity contribution in [1.82, 2.24) is 0 Å². The van der Waals surface area contributed by atoms with E-state index in [1.165, 1.54) is 0 Å². The van der Waals surface area contributed by atoms with Gasteiger partial charge >= 0.3 is 11.9 Å². The molecular weight excluding hydrogens is 388 g/mol. The molecule has 2 atom stereocenters. The van der Waals surface area contributed by atoms with E-state index >= 15 is 0 Å². The summed E-state index contributed by atoms with van der Waals surface area (Å²) in [6.45, 7) is 4.20. The van der Waals surface area contributed by atoms with Crippen LogP contribution in [0.1, 0.15) is 25.4 Å². The molecule has 0 saturated heterocycles.